The molecule has 0 N–H and O–H groups in total. The predicted molar refractivity (Wildman–Crippen MR) is 66.1 cm³/mol. The van der Waals surface area contributed by atoms with Gasteiger partial charge in [-0.05, 0) is 33.4 Å². The van der Waals surface area contributed by atoms with Gasteiger partial charge in [0.15, 0.2) is 5.28 Å². The Bertz CT molecular complexity index is 319. The molecule has 5 heteroatoms. The van der Waals surface area contributed by atoms with Crippen molar-refractivity contribution in [1.82, 2.24) is 0 Å². The molecule has 1 fully saturated rings. The molecule has 1 rings (SSSR count). The first kappa shape index (κ1) is 13.6. The SMILES string of the molecule is C=CC1CC1(N=CC)P(=O)(OCC)OCC. The van der Waals surface area contributed by atoms with Crippen LogP contribution >= 0.6 is 7.60 Å². The van der Waals surface area contributed by atoms with Crippen molar-refractivity contribution in [1.29, 1.82) is 0 Å². The molecular weight excluding hydrogens is 225 g/mol. The molecule has 0 aromatic heterocycles. The third kappa shape index (κ3) is 2.15. The van der Waals surface area contributed by atoms with E-state index in [0.29, 0.717) is 19.6 Å². The molecule has 0 radical (unpaired) electrons. The molecule has 0 spiro atoms. The van der Waals surface area contributed by atoms with Gasteiger partial charge in [0.25, 0.3) is 0 Å². The number of hydrogen-bond donors (Lipinski definition) is 0. The number of hydrogen-bond acceptors (Lipinski definition) is 4. The van der Waals surface area contributed by atoms with Crippen LogP contribution in [0.5, 0.6) is 0 Å². The minimum absolute atomic E-state index is 0.0904. The second-order valence-electron chi connectivity index (χ2n) is 3.65. The molecule has 1 aliphatic rings. The summed E-state index contributed by atoms with van der Waals surface area (Å²) in [6.07, 6.45) is 4.13. The molecule has 0 aromatic carbocycles. The Morgan fingerprint density at radius 2 is 2.06 bits per heavy atom. The molecule has 0 saturated heterocycles. The van der Waals surface area contributed by atoms with Crippen molar-refractivity contribution in [2.24, 2.45) is 10.9 Å². The van der Waals surface area contributed by atoms with E-state index in [2.05, 4.69) is 11.6 Å². The Kier molecular flexibility index (Phi) is 4.48. The van der Waals surface area contributed by atoms with Crippen molar-refractivity contribution in [3.8, 4) is 0 Å². The van der Waals surface area contributed by atoms with E-state index in [0.717, 1.165) is 0 Å². The van der Waals surface area contributed by atoms with Gasteiger partial charge in [0.2, 0.25) is 0 Å². The van der Waals surface area contributed by atoms with Crippen molar-refractivity contribution in [3.63, 3.8) is 0 Å². The standard InChI is InChI=1S/C11H20NO3P/c1-5-10-9-11(10,12-6-2)16(13,14-7-3)15-8-4/h5-6,10H,1,7-9H2,2-4H3. The van der Waals surface area contributed by atoms with Gasteiger partial charge in [-0.2, -0.15) is 0 Å². The monoisotopic (exact) mass is 245 g/mol. The van der Waals surface area contributed by atoms with Crippen molar-refractivity contribution >= 4 is 13.8 Å². The average molecular weight is 245 g/mol. The summed E-state index contributed by atoms with van der Waals surface area (Å²) in [5.41, 5.74) is 0. The first-order valence-electron chi connectivity index (χ1n) is 5.61. The molecular formula is C11H20NO3P. The molecule has 2 unspecified atom stereocenters. The van der Waals surface area contributed by atoms with Crippen LogP contribution in [0.1, 0.15) is 27.2 Å². The van der Waals surface area contributed by atoms with Crippen LogP contribution in [0, 0.1) is 5.92 Å². The fourth-order valence-electron chi connectivity index (χ4n) is 1.90. The highest BCUT2D eigenvalue weighted by molar-refractivity contribution is 7.56. The molecule has 0 amide bonds. The van der Waals surface area contributed by atoms with E-state index < -0.39 is 12.9 Å². The lowest BCUT2D eigenvalue weighted by atomic mass is 10.4. The van der Waals surface area contributed by atoms with Crippen LogP contribution in [0.2, 0.25) is 0 Å². The Morgan fingerprint density at radius 1 is 1.50 bits per heavy atom. The lowest BCUT2D eigenvalue weighted by Crippen LogP contribution is -2.15. The summed E-state index contributed by atoms with van der Waals surface area (Å²) in [7, 11) is -3.17. The Labute approximate surface area is 97.3 Å². The minimum atomic E-state index is -3.17. The molecule has 0 heterocycles. The van der Waals surface area contributed by atoms with Crippen LogP contribution in [-0.2, 0) is 13.6 Å². The first-order chi connectivity index (χ1) is 7.60. The van der Waals surface area contributed by atoms with Gasteiger partial charge in [-0.15, -0.1) is 6.58 Å². The van der Waals surface area contributed by atoms with Crippen LogP contribution in [0.4, 0.5) is 0 Å². The summed E-state index contributed by atoms with van der Waals surface area (Å²) in [6, 6.07) is 0. The summed E-state index contributed by atoms with van der Waals surface area (Å²) in [4.78, 5) is 4.32. The van der Waals surface area contributed by atoms with E-state index in [4.69, 9.17) is 9.05 Å². The van der Waals surface area contributed by atoms with E-state index in [9.17, 15) is 4.57 Å². The molecule has 2 atom stereocenters. The zero-order valence-electron chi connectivity index (χ0n) is 10.2. The van der Waals surface area contributed by atoms with Crippen LogP contribution < -0.4 is 0 Å². The highest BCUT2D eigenvalue weighted by atomic mass is 31.2. The molecule has 92 valence electrons. The van der Waals surface area contributed by atoms with Gasteiger partial charge in [0.05, 0.1) is 13.2 Å². The normalized spacial score (nSPS) is 29.6. The van der Waals surface area contributed by atoms with E-state index in [-0.39, 0.29) is 5.92 Å². The van der Waals surface area contributed by atoms with E-state index in [1.54, 1.807) is 26.1 Å². The molecule has 0 aliphatic heterocycles. The van der Waals surface area contributed by atoms with Crippen molar-refractivity contribution in [2.75, 3.05) is 13.2 Å². The first-order valence-corrected chi connectivity index (χ1v) is 7.16. The third-order valence-electron chi connectivity index (χ3n) is 2.66. The van der Waals surface area contributed by atoms with Gasteiger partial charge < -0.3 is 9.05 Å². The maximum Gasteiger partial charge on any atom is 0.358 e. The molecule has 16 heavy (non-hydrogen) atoms. The number of nitrogens with zero attached hydrogens (tertiary/aromatic N) is 1. The highest BCUT2D eigenvalue weighted by Crippen LogP contribution is 2.74. The highest BCUT2D eigenvalue weighted by Gasteiger charge is 2.67. The van der Waals surface area contributed by atoms with E-state index >= 15 is 0 Å². The van der Waals surface area contributed by atoms with Gasteiger partial charge in [0, 0.05) is 5.92 Å². The fourth-order valence-corrected chi connectivity index (χ4v) is 4.29. The predicted octanol–water partition coefficient (Wildman–Crippen LogP) is 3.25. The lowest BCUT2D eigenvalue weighted by Gasteiger charge is -2.23. The Morgan fingerprint density at radius 3 is 2.38 bits per heavy atom. The average Bonchev–Trinajstić information content (AvgIpc) is 2.95. The van der Waals surface area contributed by atoms with Gasteiger partial charge >= 0.3 is 7.60 Å². The maximum absolute atomic E-state index is 12.7. The summed E-state index contributed by atoms with van der Waals surface area (Å²) in [5.74, 6) is 0.0904. The molecule has 1 saturated carbocycles. The zero-order valence-corrected chi connectivity index (χ0v) is 11.1. The van der Waals surface area contributed by atoms with Crippen LogP contribution in [0.3, 0.4) is 0 Å². The number of rotatable bonds is 7. The topological polar surface area (TPSA) is 47.9 Å². The second-order valence-corrected chi connectivity index (χ2v) is 5.93. The fraction of sp³-hybridized carbons (Fsp3) is 0.727. The second kappa shape index (κ2) is 5.26. The zero-order chi connectivity index (χ0) is 12.2. The quantitative estimate of drug-likeness (QED) is 0.393. The Hall–Kier alpha value is -0.440. The summed E-state index contributed by atoms with van der Waals surface area (Å²) >= 11 is 0. The number of aliphatic imine (C=N–C) groups is 1. The van der Waals surface area contributed by atoms with Gasteiger partial charge in [0.1, 0.15) is 0 Å². The summed E-state index contributed by atoms with van der Waals surface area (Å²) in [6.45, 7) is 9.87. The Balaban J connectivity index is 3.00. The molecule has 4 nitrogen and oxygen atoms in total. The molecule has 1 aliphatic carbocycles. The van der Waals surface area contributed by atoms with Crippen molar-refractivity contribution < 1.29 is 13.6 Å². The lowest BCUT2D eigenvalue weighted by molar-refractivity contribution is 0.209. The van der Waals surface area contributed by atoms with Crippen LogP contribution in [-0.4, -0.2) is 24.7 Å². The molecule has 0 aromatic rings. The van der Waals surface area contributed by atoms with E-state index in [1.807, 2.05) is 6.92 Å². The van der Waals surface area contributed by atoms with Gasteiger partial charge in [-0.25, -0.2) is 0 Å². The smallest absolute Gasteiger partial charge is 0.307 e. The van der Waals surface area contributed by atoms with Crippen molar-refractivity contribution in [2.45, 2.75) is 32.5 Å². The summed E-state index contributed by atoms with van der Waals surface area (Å²) in [5, 5.41) is -0.713. The van der Waals surface area contributed by atoms with E-state index in [1.165, 1.54) is 0 Å². The largest absolute Gasteiger partial charge is 0.358 e. The van der Waals surface area contributed by atoms with Crippen LogP contribution in [0.25, 0.3) is 0 Å². The van der Waals surface area contributed by atoms with Gasteiger partial charge in [-0.1, -0.05) is 6.08 Å². The molecule has 0 bridgehead atoms. The summed E-state index contributed by atoms with van der Waals surface area (Å²) < 4.78 is 23.4. The van der Waals surface area contributed by atoms with Gasteiger partial charge in [-0.3, -0.25) is 9.56 Å². The minimum Gasteiger partial charge on any atom is -0.307 e. The van der Waals surface area contributed by atoms with Crippen molar-refractivity contribution in [3.05, 3.63) is 12.7 Å². The third-order valence-corrected chi connectivity index (χ3v) is 5.44. The maximum atomic E-state index is 12.7. The van der Waals surface area contributed by atoms with Crippen LogP contribution in [0.15, 0.2) is 17.6 Å².